The van der Waals surface area contributed by atoms with E-state index < -0.39 is 16.7 Å². The van der Waals surface area contributed by atoms with Crippen molar-refractivity contribution in [1.29, 1.82) is 0 Å². The predicted molar refractivity (Wildman–Crippen MR) is 81.1 cm³/mol. The molecule has 0 unspecified atom stereocenters. The van der Waals surface area contributed by atoms with Crippen LogP contribution in [0.2, 0.25) is 0 Å². The minimum Gasteiger partial charge on any atom is -0.457 e. The molecule has 5 nitrogen and oxygen atoms in total. The summed E-state index contributed by atoms with van der Waals surface area (Å²) in [5, 5.41) is 11.0. The third-order valence-electron chi connectivity index (χ3n) is 3.01. The monoisotopic (exact) mass is 367 g/mol. The molecule has 0 spiro atoms. The van der Waals surface area contributed by atoms with Crippen molar-refractivity contribution in [2.45, 2.75) is 13.5 Å². The molecular weight excluding hydrogens is 357 g/mol. The molecule has 2 rings (SSSR count). The van der Waals surface area contributed by atoms with Gasteiger partial charge in [0.05, 0.1) is 4.92 Å². The molecule has 0 saturated carbocycles. The van der Waals surface area contributed by atoms with Gasteiger partial charge in [-0.15, -0.1) is 0 Å². The number of carbonyl (C=O) groups is 1. The maximum atomic E-state index is 13.6. The summed E-state index contributed by atoms with van der Waals surface area (Å²) >= 11 is 3.12. The molecule has 0 bridgehead atoms. The van der Waals surface area contributed by atoms with Crippen LogP contribution in [-0.4, -0.2) is 10.9 Å². The largest absolute Gasteiger partial charge is 0.457 e. The van der Waals surface area contributed by atoms with Gasteiger partial charge in [0.15, 0.2) is 0 Å². The van der Waals surface area contributed by atoms with Crippen molar-refractivity contribution in [3.63, 3.8) is 0 Å². The maximum Gasteiger partial charge on any atom is 0.345 e. The number of esters is 1. The normalized spacial score (nSPS) is 10.3. The topological polar surface area (TPSA) is 69.4 Å². The quantitative estimate of drug-likeness (QED) is 0.462. The number of carbonyl (C=O) groups excluding carboxylic acids is 1. The fourth-order valence-corrected chi connectivity index (χ4v) is 2.26. The first-order valence-electron chi connectivity index (χ1n) is 6.25. The van der Waals surface area contributed by atoms with Crippen molar-refractivity contribution in [2.75, 3.05) is 0 Å². The lowest BCUT2D eigenvalue weighted by Crippen LogP contribution is -2.09. The highest BCUT2D eigenvalue weighted by atomic mass is 79.9. The second-order valence-corrected chi connectivity index (χ2v) is 5.46. The summed E-state index contributed by atoms with van der Waals surface area (Å²) in [7, 11) is 0. The second-order valence-electron chi connectivity index (χ2n) is 4.54. The van der Waals surface area contributed by atoms with Crippen molar-refractivity contribution in [3.05, 3.63) is 73.5 Å². The zero-order chi connectivity index (χ0) is 16.3. The van der Waals surface area contributed by atoms with Gasteiger partial charge in [-0.25, -0.2) is 9.18 Å². The number of hydrogen-bond donors (Lipinski definition) is 0. The minimum atomic E-state index is -0.863. The Morgan fingerprint density at radius 2 is 2.09 bits per heavy atom. The number of aryl methyl sites for hydroxylation is 1. The zero-order valence-electron chi connectivity index (χ0n) is 11.5. The van der Waals surface area contributed by atoms with E-state index in [0.717, 1.165) is 0 Å². The van der Waals surface area contributed by atoms with Crippen molar-refractivity contribution in [2.24, 2.45) is 0 Å². The van der Waals surface area contributed by atoms with Gasteiger partial charge in [0.1, 0.15) is 18.0 Å². The summed E-state index contributed by atoms with van der Waals surface area (Å²) in [5.74, 6) is -1.39. The average molecular weight is 368 g/mol. The van der Waals surface area contributed by atoms with Crippen LogP contribution in [0.5, 0.6) is 0 Å². The first kappa shape index (κ1) is 16.1. The molecule has 0 N–H and O–H groups in total. The standard InChI is InChI=1S/C15H11BrFNO4/c1-9-3-2-4-12(14(9)18(20)21)15(19)22-8-10-5-6-11(16)7-13(10)17/h2-7H,8H2,1H3. The SMILES string of the molecule is Cc1cccc(C(=O)OCc2ccc(Br)cc2F)c1[N+](=O)[O-]. The summed E-state index contributed by atoms with van der Waals surface area (Å²) in [6.45, 7) is 1.23. The molecule has 0 atom stereocenters. The van der Waals surface area contributed by atoms with Crippen LogP contribution in [0.3, 0.4) is 0 Å². The molecule has 22 heavy (non-hydrogen) atoms. The molecule has 0 radical (unpaired) electrons. The highest BCUT2D eigenvalue weighted by Crippen LogP contribution is 2.24. The molecule has 0 aliphatic rings. The van der Waals surface area contributed by atoms with Crippen LogP contribution in [0.4, 0.5) is 10.1 Å². The Hall–Kier alpha value is -2.28. The molecule has 0 aliphatic carbocycles. The van der Waals surface area contributed by atoms with Gasteiger partial charge in [-0.1, -0.05) is 34.1 Å². The van der Waals surface area contributed by atoms with E-state index in [1.165, 1.54) is 37.3 Å². The number of hydrogen-bond acceptors (Lipinski definition) is 4. The van der Waals surface area contributed by atoms with E-state index in [4.69, 9.17) is 4.74 Å². The second kappa shape index (κ2) is 6.65. The average Bonchev–Trinajstić information content (AvgIpc) is 2.45. The number of ether oxygens (including phenoxy) is 1. The fourth-order valence-electron chi connectivity index (χ4n) is 1.93. The van der Waals surface area contributed by atoms with Gasteiger partial charge in [0, 0.05) is 15.6 Å². The van der Waals surface area contributed by atoms with Crippen molar-refractivity contribution in [3.8, 4) is 0 Å². The summed E-state index contributed by atoms with van der Waals surface area (Å²) in [6, 6.07) is 8.70. The van der Waals surface area contributed by atoms with Gasteiger partial charge in [-0.3, -0.25) is 10.1 Å². The Labute approximate surface area is 134 Å². The van der Waals surface area contributed by atoms with Crippen LogP contribution in [0.25, 0.3) is 0 Å². The van der Waals surface area contributed by atoms with E-state index in [-0.39, 0.29) is 23.4 Å². The molecule has 0 fully saturated rings. The fraction of sp³-hybridized carbons (Fsp3) is 0.133. The summed E-state index contributed by atoms with van der Waals surface area (Å²) in [6.07, 6.45) is 0. The zero-order valence-corrected chi connectivity index (χ0v) is 13.1. The Balaban J connectivity index is 2.20. The third-order valence-corrected chi connectivity index (χ3v) is 3.51. The molecule has 0 heterocycles. The molecule has 0 saturated heterocycles. The molecule has 2 aromatic carbocycles. The van der Waals surface area contributed by atoms with Crippen LogP contribution in [-0.2, 0) is 11.3 Å². The first-order chi connectivity index (χ1) is 10.4. The lowest BCUT2D eigenvalue weighted by molar-refractivity contribution is -0.385. The van der Waals surface area contributed by atoms with Gasteiger partial charge < -0.3 is 4.74 Å². The Kier molecular flexibility index (Phi) is 4.87. The van der Waals surface area contributed by atoms with Gasteiger partial charge in [0.25, 0.3) is 5.69 Å². The predicted octanol–water partition coefficient (Wildman–Crippen LogP) is 4.16. The van der Waals surface area contributed by atoms with Gasteiger partial charge >= 0.3 is 5.97 Å². The van der Waals surface area contributed by atoms with Crippen LogP contribution < -0.4 is 0 Å². The number of nitrogens with zero attached hydrogens (tertiary/aromatic N) is 1. The van der Waals surface area contributed by atoms with E-state index in [2.05, 4.69) is 15.9 Å². The molecule has 0 amide bonds. The Bertz CT molecular complexity index is 748. The minimum absolute atomic E-state index is 0.150. The van der Waals surface area contributed by atoms with Gasteiger partial charge in [-0.05, 0) is 25.1 Å². The highest BCUT2D eigenvalue weighted by molar-refractivity contribution is 9.10. The molecular formula is C15H11BrFNO4. The molecule has 114 valence electrons. The highest BCUT2D eigenvalue weighted by Gasteiger charge is 2.23. The Morgan fingerprint density at radius 3 is 2.73 bits per heavy atom. The lowest BCUT2D eigenvalue weighted by Gasteiger charge is -2.07. The van der Waals surface area contributed by atoms with E-state index in [9.17, 15) is 19.3 Å². The van der Waals surface area contributed by atoms with E-state index >= 15 is 0 Å². The van der Waals surface area contributed by atoms with Crippen molar-refractivity contribution in [1.82, 2.24) is 0 Å². The molecule has 0 aliphatic heterocycles. The summed E-state index contributed by atoms with van der Waals surface area (Å²) in [5.41, 5.74) is 0.0902. The third kappa shape index (κ3) is 3.48. The van der Waals surface area contributed by atoms with Gasteiger partial charge in [-0.2, -0.15) is 0 Å². The van der Waals surface area contributed by atoms with Crippen LogP contribution in [0.1, 0.15) is 21.5 Å². The van der Waals surface area contributed by atoms with Crippen LogP contribution in [0, 0.1) is 22.9 Å². The maximum absolute atomic E-state index is 13.6. The number of rotatable bonds is 4. The number of benzene rings is 2. The molecule has 2 aromatic rings. The summed E-state index contributed by atoms with van der Waals surface area (Å²) in [4.78, 5) is 22.4. The number of para-hydroxylation sites is 1. The van der Waals surface area contributed by atoms with Crippen molar-refractivity contribution >= 4 is 27.6 Å². The van der Waals surface area contributed by atoms with E-state index in [0.29, 0.717) is 10.0 Å². The summed E-state index contributed by atoms with van der Waals surface area (Å²) < 4.78 is 19.2. The molecule has 7 heteroatoms. The van der Waals surface area contributed by atoms with E-state index in [1.54, 1.807) is 6.07 Å². The smallest absolute Gasteiger partial charge is 0.345 e. The van der Waals surface area contributed by atoms with E-state index in [1.807, 2.05) is 0 Å². The number of halogens is 2. The first-order valence-corrected chi connectivity index (χ1v) is 7.04. The molecule has 0 aromatic heterocycles. The Morgan fingerprint density at radius 1 is 1.36 bits per heavy atom. The number of nitro benzene ring substituents is 1. The van der Waals surface area contributed by atoms with Crippen LogP contribution >= 0.6 is 15.9 Å². The van der Waals surface area contributed by atoms with Crippen molar-refractivity contribution < 1.29 is 18.8 Å². The van der Waals surface area contributed by atoms with Gasteiger partial charge in [0.2, 0.25) is 0 Å². The lowest BCUT2D eigenvalue weighted by atomic mass is 10.1. The number of nitro groups is 1. The van der Waals surface area contributed by atoms with Crippen LogP contribution in [0.15, 0.2) is 40.9 Å².